The number of terminal acetylenes is 1. The third kappa shape index (κ3) is 3.73. The summed E-state index contributed by atoms with van der Waals surface area (Å²) in [4.78, 5) is 15.1. The molecule has 0 radical (unpaired) electrons. The van der Waals surface area contributed by atoms with Gasteiger partial charge in [0, 0.05) is 18.3 Å². The van der Waals surface area contributed by atoms with E-state index in [0.717, 1.165) is 24.0 Å². The van der Waals surface area contributed by atoms with Crippen LogP contribution in [-0.4, -0.2) is 22.6 Å². The van der Waals surface area contributed by atoms with E-state index in [1.54, 1.807) is 0 Å². The first kappa shape index (κ1) is 14.9. The molecule has 1 aliphatic carbocycles. The highest BCUT2D eigenvalue weighted by Crippen LogP contribution is 2.38. The minimum atomic E-state index is -0.976. The van der Waals surface area contributed by atoms with Gasteiger partial charge < -0.3 is 10.4 Å². The Bertz CT molecular complexity index is 634. The molecule has 1 aromatic rings. The van der Waals surface area contributed by atoms with E-state index in [4.69, 9.17) is 11.5 Å². The number of carboxylic acids is 1. The number of hydrogen-bond acceptors (Lipinski definition) is 3. The Labute approximate surface area is 124 Å². The van der Waals surface area contributed by atoms with Gasteiger partial charge in [0.15, 0.2) is 0 Å². The molecule has 21 heavy (non-hydrogen) atoms. The van der Waals surface area contributed by atoms with E-state index in [9.17, 15) is 4.79 Å². The van der Waals surface area contributed by atoms with Crippen molar-refractivity contribution >= 4 is 11.7 Å². The van der Waals surface area contributed by atoms with Crippen LogP contribution in [0.2, 0.25) is 0 Å². The topological polar surface area (TPSA) is 62.2 Å². The number of hydrogen-bond donors (Lipinski definition) is 2. The molecule has 0 aromatic carbocycles. The highest BCUT2D eigenvalue weighted by atomic mass is 16.4. The summed E-state index contributed by atoms with van der Waals surface area (Å²) in [5.74, 6) is 2.29. The number of carbonyl (C=O) groups is 1. The molecule has 1 heterocycles. The highest BCUT2D eigenvalue weighted by molar-refractivity contribution is 5.93. The van der Waals surface area contributed by atoms with Gasteiger partial charge in [-0.3, -0.25) is 4.98 Å². The van der Waals surface area contributed by atoms with Crippen LogP contribution in [-0.2, 0) is 0 Å². The van der Waals surface area contributed by atoms with E-state index in [2.05, 4.69) is 16.2 Å². The number of aromatic nitrogens is 1. The summed E-state index contributed by atoms with van der Waals surface area (Å²) < 4.78 is 0. The van der Waals surface area contributed by atoms with Gasteiger partial charge in [-0.2, -0.15) is 0 Å². The molecule has 0 spiro atoms. The normalized spacial score (nSPS) is 15.4. The van der Waals surface area contributed by atoms with E-state index in [0.29, 0.717) is 18.2 Å². The Morgan fingerprint density at radius 3 is 2.95 bits per heavy atom. The molecule has 0 atom stereocenters. The van der Waals surface area contributed by atoms with Gasteiger partial charge in [-0.1, -0.05) is 18.1 Å². The predicted molar refractivity (Wildman–Crippen MR) is 83.1 cm³/mol. The molecule has 108 valence electrons. The van der Waals surface area contributed by atoms with Gasteiger partial charge in [0.2, 0.25) is 0 Å². The summed E-state index contributed by atoms with van der Waals surface area (Å²) >= 11 is 0. The Kier molecular flexibility index (Phi) is 4.78. The first-order valence-electron chi connectivity index (χ1n) is 6.91. The van der Waals surface area contributed by atoms with Gasteiger partial charge in [-0.05, 0) is 37.3 Å². The molecule has 0 saturated heterocycles. The van der Waals surface area contributed by atoms with Crippen molar-refractivity contribution in [3.8, 4) is 12.3 Å². The van der Waals surface area contributed by atoms with Crippen LogP contribution in [0.3, 0.4) is 0 Å². The molecule has 0 amide bonds. The molecule has 0 aliphatic heterocycles. The van der Waals surface area contributed by atoms with Crippen LogP contribution in [0.1, 0.15) is 30.1 Å². The third-order valence-electron chi connectivity index (χ3n) is 3.38. The Morgan fingerprint density at radius 1 is 1.62 bits per heavy atom. The van der Waals surface area contributed by atoms with E-state index >= 15 is 0 Å². The van der Waals surface area contributed by atoms with Crippen LogP contribution in [0.4, 0.5) is 5.69 Å². The monoisotopic (exact) mass is 282 g/mol. The highest BCUT2D eigenvalue weighted by Gasteiger charge is 2.26. The number of allylic oxidation sites excluding steroid dienone is 2. The van der Waals surface area contributed by atoms with Crippen LogP contribution in [0.25, 0.3) is 0 Å². The first-order chi connectivity index (χ1) is 10.2. The first-order valence-corrected chi connectivity index (χ1v) is 6.91. The third-order valence-corrected chi connectivity index (χ3v) is 3.38. The molecule has 2 rings (SSSR count). The fraction of sp³-hybridized carbons (Fsp3) is 0.294. The predicted octanol–water partition coefficient (Wildman–Crippen LogP) is 3.11. The summed E-state index contributed by atoms with van der Waals surface area (Å²) in [5.41, 5.74) is 2.75. The quantitative estimate of drug-likeness (QED) is 0.621. The molecule has 0 bridgehead atoms. The maximum Gasteiger partial charge on any atom is 0.337 e. The number of carboxylic acid groups (broad SMARTS) is 1. The lowest BCUT2D eigenvalue weighted by Crippen LogP contribution is -2.10. The molecule has 1 fully saturated rings. The molecule has 0 unspecified atom stereocenters. The van der Waals surface area contributed by atoms with Crippen molar-refractivity contribution in [3.63, 3.8) is 0 Å². The summed E-state index contributed by atoms with van der Waals surface area (Å²) in [5, 5.41) is 12.3. The summed E-state index contributed by atoms with van der Waals surface area (Å²) in [7, 11) is 0. The number of nitrogens with zero attached hydrogens (tertiary/aromatic N) is 1. The molecular weight excluding hydrogens is 264 g/mol. The molecule has 2 N–H and O–H groups in total. The number of rotatable bonds is 6. The minimum Gasteiger partial charge on any atom is -0.478 e. The molecule has 4 nitrogen and oxygen atoms in total. The standard InChI is InChI=1S/C17H18N2O2/c1-3-5-13(14(4-2)12-6-7-12)10-19-16-11-18-9-8-15(16)17(20)21/h2-3,5,8-9,11-12,19H,6-7,10H2,1H3,(H,20,21)/b5-3-,14-13-. The fourth-order valence-corrected chi connectivity index (χ4v) is 2.20. The van der Waals surface area contributed by atoms with Gasteiger partial charge in [0.1, 0.15) is 0 Å². The van der Waals surface area contributed by atoms with Crippen LogP contribution >= 0.6 is 0 Å². The SMILES string of the molecule is C#C/C(=C(\C=C/C)CNc1cnccc1C(=O)O)C1CC1. The van der Waals surface area contributed by atoms with E-state index in [-0.39, 0.29) is 5.56 Å². The number of anilines is 1. The van der Waals surface area contributed by atoms with Crippen molar-refractivity contribution in [2.45, 2.75) is 19.8 Å². The molecule has 1 saturated carbocycles. The Morgan fingerprint density at radius 2 is 2.38 bits per heavy atom. The smallest absolute Gasteiger partial charge is 0.337 e. The number of aromatic carboxylic acids is 1. The number of nitrogens with one attached hydrogen (secondary N) is 1. The summed E-state index contributed by atoms with van der Waals surface area (Å²) in [6, 6.07) is 1.48. The van der Waals surface area contributed by atoms with Gasteiger partial charge in [-0.15, -0.1) is 6.42 Å². The zero-order chi connectivity index (χ0) is 15.2. The van der Waals surface area contributed by atoms with Crippen molar-refractivity contribution in [2.24, 2.45) is 5.92 Å². The van der Waals surface area contributed by atoms with Crippen LogP contribution in [0, 0.1) is 18.3 Å². The van der Waals surface area contributed by atoms with Gasteiger partial charge in [0.05, 0.1) is 17.4 Å². The van der Waals surface area contributed by atoms with Crippen LogP contribution in [0.5, 0.6) is 0 Å². The van der Waals surface area contributed by atoms with Gasteiger partial charge in [-0.25, -0.2) is 4.79 Å². The van der Waals surface area contributed by atoms with Crippen molar-refractivity contribution < 1.29 is 9.90 Å². The molecule has 4 heteroatoms. The van der Waals surface area contributed by atoms with Crippen molar-refractivity contribution in [2.75, 3.05) is 11.9 Å². The summed E-state index contributed by atoms with van der Waals surface area (Å²) in [6.07, 6.45) is 14.8. The maximum absolute atomic E-state index is 11.2. The Hall–Kier alpha value is -2.54. The molecule has 1 aromatic heterocycles. The average Bonchev–Trinajstić information content (AvgIpc) is 3.30. The molecular formula is C17H18N2O2. The summed E-state index contributed by atoms with van der Waals surface area (Å²) in [6.45, 7) is 2.43. The lowest BCUT2D eigenvalue weighted by molar-refractivity contribution is 0.0698. The fourth-order valence-electron chi connectivity index (χ4n) is 2.20. The maximum atomic E-state index is 11.2. The van der Waals surface area contributed by atoms with Gasteiger partial charge >= 0.3 is 5.97 Å². The van der Waals surface area contributed by atoms with Gasteiger partial charge in [0.25, 0.3) is 0 Å². The van der Waals surface area contributed by atoms with E-state index in [1.807, 2.05) is 19.1 Å². The van der Waals surface area contributed by atoms with Crippen LogP contribution < -0.4 is 5.32 Å². The Balaban J connectivity index is 2.21. The lowest BCUT2D eigenvalue weighted by atomic mass is 10.0. The second-order valence-electron chi connectivity index (χ2n) is 4.94. The van der Waals surface area contributed by atoms with Crippen LogP contribution in [0.15, 0.2) is 41.8 Å². The average molecular weight is 282 g/mol. The largest absolute Gasteiger partial charge is 0.478 e. The van der Waals surface area contributed by atoms with E-state index in [1.165, 1.54) is 18.5 Å². The second-order valence-corrected chi connectivity index (χ2v) is 4.94. The minimum absolute atomic E-state index is 0.207. The van der Waals surface area contributed by atoms with Crippen molar-refractivity contribution in [1.82, 2.24) is 4.98 Å². The van der Waals surface area contributed by atoms with E-state index < -0.39 is 5.97 Å². The second kappa shape index (κ2) is 6.76. The van der Waals surface area contributed by atoms with Crippen molar-refractivity contribution in [3.05, 3.63) is 47.3 Å². The van der Waals surface area contributed by atoms with Crippen molar-refractivity contribution in [1.29, 1.82) is 0 Å². The lowest BCUT2D eigenvalue weighted by Gasteiger charge is -2.12. The zero-order valence-corrected chi connectivity index (χ0v) is 12.0. The molecule has 1 aliphatic rings. The number of pyridine rings is 1. The zero-order valence-electron chi connectivity index (χ0n) is 12.0.